The molecule has 3 rings (SSSR count). The van der Waals surface area contributed by atoms with E-state index in [1.807, 2.05) is 30.3 Å². The Labute approximate surface area is 120 Å². The van der Waals surface area contributed by atoms with Crippen molar-refractivity contribution in [3.63, 3.8) is 0 Å². The van der Waals surface area contributed by atoms with Gasteiger partial charge in [0.05, 0.1) is 15.7 Å². The monoisotopic (exact) mass is 291 g/mol. The topological polar surface area (TPSA) is 43.3 Å². The van der Waals surface area contributed by atoms with Gasteiger partial charge in [0, 0.05) is 12.6 Å². The van der Waals surface area contributed by atoms with Gasteiger partial charge >= 0.3 is 0 Å². The average molecular weight is 292 g/mol. The number of nitrogens with two attached hydrogens (primary N) is 1. The Morgan fingerprint density at radius 1 is 1.16 bits per heavy atom. The first-order valence-electron chi connectivity index (χ1n) is 5.80. The molecule has 0 bridgehead atoms. The van der Waals surface area contributed by atoms with E-state index in [2.05, 4.69) is 4.98 Å². The lowest BCUT2D eigenvalue weighted by Gasteiger charge is -2.00. The second-order valence-electron chi connectivity index (χ2n) is 4.31. The van der Waals surface area contributed by atoms with Crippen molar-refractivity contribution < 1.29 is 0 Å². The Balaban J connectivity index is 2.10. The summed E-state index contributed by atoms with van der Waals surface area (Å²) in [6.07, 6.45) is 2.39. The van der Waals surface area contributed by atoms with Gasteiger partial charge in [0.25, 0.3) is 0 Å². The number of benzene rings is 1. The van der Waals surface area contributed by atoms with Crippen LogP contribution in [-0.4, -0.2) is 9.38 Å². The Morgan fingerprint density at radius 3 is 2.63 bits per heavy atom. The summed E-state index contributed by atoms with van der Waals surface area (Å²) in [5, 5.41) is 1.03. The molecule has 19 heavy (non-hydrogen) atoms. The first kappa shape index (κ1) is 12.3. The third kappa shape index (κ3) is 2.27. The van der Waals surface area contributed by atoms with Gasteiger partial charge in [-0.2, -0.15) is 0 Å². The molecule has 2 aromatic heterocycles. The van der Waals surface area contributed by atoms with Crippen molar-refractivity contribution in [3.05, 3.63) is 63.9 Å². The summed E-state index contributed by atoms with van der Waals surface area (Å²) >= 11 is 12.1. The van der Waals surface area contributed by atoms with Crippen molar-refractivity contribution in [3.8, 4) is 0 Å². The predicted octanol–water partition coefficient (Wildman–Crippen LogP) is 3.81. The molecule has 0 radical (unpaired) electrons. The normalized spacial score (nSPS) is 11.1. The van der Waals surface area contributed by atoms with Crippen LogP contribution in [0.3, 0.4) is 0 Å². The molecule has 0 atom stereocenters. The molecule has 2 N–H and O–H groups in total. The van der Waals surface area contributed by atoms with Crippen molar-refractivity contribution in [1.29, 1.82) is 0 Å². The van der Waals surface area contributed by atoms with Gasteiger partial charge < -0.3 is 5.73 Å². The standard InChI is InChI=1S/C14H11Cl2N3/c15-10-7-11(16)14-18-12(13(17)19(14)8-10)6-9-4-2-1-3-5-9/h1-5,7-8H,6,17H2. The van der Waals surface area contributed by atoms with E-state index in [9.17, 15) is 0 Å². The number of pyridine rings is 1. The minimum Gasteiger partial charge on any atom is -0.383 e. The predicted molar refractivity (Wildman–Crippen MR) is 78.9 cm³/mol. The van der Waals surface area contributed by atoms with Crippen LogP contribution in [0.5, 0.6) is 0 Å². The first-order chi connectivity index (χ1) is 9.15. The summed E-state index contributed by atoms with van der Waals surface area (Å²) in [4.78, 5) is 4.50. The summed E-state index contributed by atoms with van der Waals surface area (Å²) in [7, 11) is 0. The molecule has 0 saturated heterocycles. The molecule has 5 heteroatoms. The van der Waals surface area contributed by atoms with E-state index in [1.54, 1.807) is 16.7 Å². The highest BCUT2D eigenvalue weighted by Crippen LogP contribution is 2.26. The molecule has 2 heterocycles. The highest BCUT2D eigenvalue weighted by molar-refractivity contribution is 6.36. The van der Waals surface area contributed by atoms with Crippen molar-refractivity contribution in [2.75, 3.05) is 5.73 Å². The van der Waals surface area contributed by atoms with Crippen molar-refractivity contribution >= 4 is 34.7 Å². The second-order valence-corrected chi connectivity index (χ2v) is 5.15. The smallest absolute Gasteiger partial charge is 0.157 e. The maximum Gasteiger partial charge on any atom is 0.157 e. The van der Waals surface area contributed by atoms with Crippen LogP contribution in [0.25, 0.3) is 5.65 Å². The minimum absolute atomic E-state index is 0.499. The Hall–Kier alpha value is -1.71. The number of anilines is 1. The lowest BCUT2D eigenvalue weighted by molar-refractivity contribution is 1.12. The van der Waals surface area contributed by atoms with Crippen LogP contribution in [-0.2, 0) is 6.42 Å². The fourth-order valence-corrected chi connectivity index (χ4v) is 2.57. The number of imidazole rings is 1. The molecule has 3 nitrogen and oxygen atoms in total. The Bertz CT molecular complexity index is 735. The maximum atomic E-state index is 6.13. The zero-order chi connectivity index (χ0) is 13.4. The van der Waals surface area contributed by atoms with Crippen LogP contribution in [0.2, 0.25) is 10.0 Å². The van der Waals surface area contributed by atoms with Crippen LogP contribution >= 0.6 is 23.2 Å². The van der Waals surface area contributed by atoms with E-state index in [0.29, 0.717) is 27.9 Å². The van der Waals surface area contributed by atoms with Gasteiger partial charge in [0.2, 0.25) is 0 Å². The van der Waals surface area contributed by atoms with Crippen molar-refractivity contribution in [2.24, 2.45) is 0 Å². The van der Waals surface area contributed by atoms with Crippen LogP contribution in [0.1, 0.15) is 11.3 Å². The van der Waals surface area contributed by atoms with Crippen molar-refractivity contribution in [1.82, 2.24) is 9.38 Å². The van der Waals surface area contributed by atoms with Gasteiger partial charge in [-0.25, -0.2) is 4.98 Å². The molecule has 0 saturated carbocycles. The fraction of sp³-hybridized carbons (Fsp3) is 0.0714. The van der Waals surface area contributed by atoms with Crippen LogP contribution in [0.15, 0.2) is 42.6 Å². The minimum atomic E-state index is 0.499. The SMILES string of the molecule is Nc1c(Cc2ccccc2)nc2c(Cl)cc(Cl)cn12. The van der Waals surface area contributed by atoms with Gasteiger partial charge in [-0.15, -0.1) is 0 Å². The number of aromatic nitrogens is 2. The highest BCUT2D eigenvalue weighted by atomic mass is 35.5. The molecule has 96 valence electrons. The number of halogens is 2. The van der Waals surface area contributed by atoms with Gasteiger partial charge in [0.15, 0.2) is 5.65 Å². The average Bonchev–Trinajstić information content (AvgIpc) is 2.69. The van der Waals surface area contributed by atoms with Crippen molar-refractivity contribution in [2.45, 2.75) is 6.42 Å². The van der Waals surface area contributed by atoms with Crippen LogP contribution in [0.4, 0.5) is 5.82 Å². The van der Waals surface area contributed by atoms with Gasteiger partial charge in [-0.1, -0.05) is 53.5 Å². The third-order valence-corrected chi connectivity index (χ3v) is 3.45. The number of nitrogens with zero attached hydrogens (tertiary/aromatic N) is 2. The molecule has 0 fully saturated rings. The van der Waals surface area contributed by atoms with Crippen LogP contribution < -0.4 is 5.73 Å². The third-order valence-electron chi connectivity index (χ3n) is 2.97. The number of nitrogen functional groups attached to an aromatic ring is 1. The number of hydrogen-bond donors (Lipinski definition) is 1. The highest BCUT2D eigenvalue weighted by Gasteiger charge is 2.12. The number of rotatable bonds is 2. The van der Waals surface area contributed by atoms with Gasteiger partial charge in [-0.3, -0.25) is 4.40 Å². The number of hydrogen-bond acceptors (Lipinski definition) is 2. The summed E-state index contributed by atoms with van der Waals surface area (Å²) < 4.78 is 1.73. The van der Waals surface area contributed by atoms with E-state index in [-0.39, 0.29) is 0 Å². The molecule has 0 aliphatic heterocycles. The Kier molecular flexibility index (Phi) is 3.09. The summed E-state index contributed by atoms with van der Waals surface area (Å²) in [5.41, 5.74) is 8.70. The molecule has 0 aliphatic carbocycles. The van der Waals surface area contributed by atoms with E-state index in [1.165, 1.54) is 0 Å². The second kappa shape index (κ2) is 4.76. The molecule has 1 aromatic carbocycles. The molecular weight excluding hydrogens is 281 g/mol. The molecule has 0 unspecified atom stereocenters. The van der Waals surface area contributed by atoms with Gasteiger partial charge in [-0.05, 0) is 11.6 Å². The molecular formula is C14H11Cl2N3. The van der Waals surface area contributed by atoms with Gasteiger partial charge in [0.1, 0.15) is 5.82 Å². The van der Waals surface area contributed by atoms with Crippen LogP contribution in [0, 0.1) is 0 Å². The van der Waals surface area contributed by atoms with E-state index in [0.717, 1.165) is 11.3 Å². The molecule has 0 amide bonds. The van der Waals surface area contributed by atoms with E-state index < -0.39 is 0 Å². The Morgan fingerprint density at radius 2 is 1.89 bits per heavy atom. The maximum absolute atomic E-state index is 6.13. The fourth-order valence-electron chi connectivity index (χ4n) is 2.06. The zero-order valence-electron chi connectivity index (χ0n) is 9.98. The summed E-state index contributed by atoms with van der Waals surface area (Å²) in [5.74, 6) is 0.572. The lowest BCUT2D eigenvalue weighted by atomic mass is 10.1. The molecule has 0 aliphatic rings. The largest absolute Gasteiger partial charge is 0.383 e. The molecule has 3 aromatic rings. The van der Waals surface area contributed by atoms with E-state index in [4.69, 9.17) is 28.9 Å². The number of fused-ring (bicyclic) bond motifs is 1. The summed E-state index contributed by atoms with van der Waals surface area (Å²) in [6.45, 7) is 0. The quantitative estimate of drug-likeness (QED) is 0.780. The molecule has 0 spiro atoms. The lowest BCUT2D eigenvalue weighted by Crippen LogP contribution is -1.97. The first-order valence-corrected chi connectivity index (χ1v) is 6.56. The zero-order valence-corrected chi connectivity index (χ0v) is 11.5. The summed E-state index contributed by atoms with van der Waals surface area (Å²) in [6, 6.07) is 11.7. The van der Waals surface area contributed by atoms with E-state index >= 15 is 0 Å².